The molecule has 0 amide bonds. The maximum Gasteiger partial charge on any atom is 0.303 e. The molecular weight excluding hydrogens is 438 g/mol. The Morgan fingerprint density at radius 1 is 1.15 bits per heavy atom. The minimum atomic E-state index is -1.11. The predicted molar refractivity (Wildman–Crippen MR) is 113 cm³/mol. The number of fused-ring (bicyclic) bond motifs is 1. The quantitative estimate of drug-likeness (QED) is 0.412. The molecule has 2 N–H and O–H groups in total. The molecule has 1 fully saturated rings. The van der Waals surface area contributed by atoms with Crippen molar-refractivity contribution >= 4 is 35.0 Å². The van der Waals surface area contributed by atoms with Crippen molar-refractivity contribution in [2.45, 2.75) is 59.2 Å². The summed E-state index contributed by atoms with van der Waals surface area (Å²) in [7, 11) is 0. The van der Waals surface area contributed by atoms with Crippen molar-refractivity contribution < 1.29 is 33.3 Å². The fourth-order valence-electron chi connectivity index (χ4n) is 3.41. The minimum absolute atomic E-state index is 0.0442. The molecule has 3 heterocycles. The first-order chi connectivity index (χ1) is 15.6. The lowest BCUT2D eigenvalue weighted by molar-refractivity contribution is -0.166. The minimum Gasteiger partial charge on any atom is -0.463 e. The molecule has 180 valence electrons. The zero-order valence-corrected chi connectivity index (χ0v) is 19.0. The van der Waals surface area contributed by atoms with Gasteiger partial charge in [-0.3, -0.25) is 28.7 Å². The molecule has 4 atom stereocenters. The summed E-state index contributed by atoms with van der Waals surface area (Å²) >= 11 is 0. The predicted octanol–water partition coefficient (Wildman–Crippen LogP) is 0.511. The molecule has 2 aromatic heterocycles. The lowest BCUT2D eigenvalue weighted by atomic mass is 10.1. The Morgan fingerprint density at radius 2 is 1.82 bits per heavy atom. The Morgan fingerprint density at radius 3 is 2.42 bits per heavy atom. The summed E-state index contributed by atoms with van der Waals surface area (Å²) in [6, 6.07) is 0. The third-order valence-corrected chi connectivity index (χ3v) is 4.72. The zero-order chi connectivity index (χ0) is 24.3. The number of nitrogens with one attached hydrogen (secondary N) is 2. The van der Waals surface area contributed by atoms with Crippen LogP contribution in [-0.4, -0.2) is 68.9 Å². The Bertz CT molecular complexity index is 1090. The van der Waals surface area contributed by atoms with Crippen LogP contribution in [0.3, 0.4) is 0 Å². The third kappa shape index (κ3) is 5.66. The first kappa shape index (κ1) is 24.2. The number of aromatic amines is 1. The second-order valence-corrected chi connectivity index (χ2v) is 8.03. The van der Waals surface area contributed by atoms with Gasteiger partial charge in [-0.25, -0.2) is 4.98 Å². The van der Waals surface area contributed by atoms with Gasteiger partial charge >= 0.3 is 17.9 Å². The number of hydrogen-bond acceptors (Lipinski definition) is 11. The van der Waals surface area contributed by atoms with E-state index >= 15 is 0 Å². The van der Waals surface area contributed by atoms with E-state index in [2.05, 4.69) is 20.3 Å². The van der Waals surface area contributed by atoms with Crippen molar-refractivity contribution in [3.63, 3.8) is 0 Å². The summed E-state index contributed by atoms with van der Waals surface area (Å²) in [5.74, 6) is -1.31. The fourth-order valence-corrected chi connectivity index (χ4v) is 3.41. The summed E-state index contributed by atoms with van der Waals surface area (Å²) in [5, 5.41) is 3.04. The van der Waals surface area contributed by atoms with Gasteiger partial charge in [0.2, 0.25) is 5.95 Å². The monoisotopic (exact) mass is 465 g/mol. The first-order valence-electron chi connectivity index (χ1n) is 10.4. The zero-order valence-electron chi connectivity index (χ0n) is 19.0. The molecule has 3 rings (SSSR count). The van der Waals surface area contributed by atoms with E-state index in [9.17, 15) is 19.2 Å². The van der Waals surface area contributed by atoms with Crippen molar-refractivity contribution in [3.8, 4) is 0 Å². The van der Waals surface area contributed by atoms with Crippen LogP contribution in [0.15, 0.2) is 11.1 Å². The topological polar surface area (TPSA) is 164 Å². The standard InChI is InChI=1S/C20H27N5O8/c1-9(2)6-21-20-23-17-14(18(29)24-20)22-8-25(17)19-16(32-12(5)28)15(31-11(4)27)13(33-19)7-30-10(3)26/h8-9,13,15-16,19H,6-7H2,1-5H3,(H2,21,23,24,29)/t13-,15-,16+,19+/m0/s1. The number of hydrogen-bond donors (Lipinski definition) is 2. The summed E-state index contributed by atoms with van der Waals surface area (Å²) in [5.41, 5.74) is -0.260. The van der Waals surface area contributed by atoms with E-state index in [0.717, 1.165) is 0 Å². The maximum absolute atomic E-state index is 12.5. The molecule has 1 aliphatic heterocycles. The van der Waals surface area contributed by atoms with E-state index in [0.29, 0.717) is 12.5 Å². The number of carbonyl (C=O) groups is 3. The highest BCUT2D eigenvalue weighted by Crippen LogP contribution is 2.35. The van der Waals surface area contributed by atoms with Crippen LogP contribution < -0.4 is 10.9 Å². The smallest absolute Gasteiger partial charge is 0.303 e. The number of ether oxygens (including phenoxy) is 4. The van der Waals surface area contributed by atoms with Gasteiger partial charge in [0.15, 0.2) is 29.6 Å². The van der Waals surface area contributed by atoms with E-state index in [1.54, 1.807) is 0 Å². The molecule has 0 radical (unpaired) electrons. The summed E-state index contributed by atoms with van der Waals surface area (Å²) in [6.07, 6.45) is -2.87. The molecular formula is C20H27N5O8. The molecule has 0 bridgehead atoms. The number of rotatable bonds is 8. The van der Waals surface area contributed by atoms with Crippen LogP contribution in [-0.2, 0) is 33.3 Å². The van der Waals surface area contributed by atoms with Gasteiger partial charge in [-0.2, -0.15) is 4.98 Å². The van der Waals surface area contributed by atoms with Crippen molar-refractivity contribution in [2.24, 2.45) is 5.92 Å². The van der Waals surface area contributed by atoms with Gasteiger partial charge in [-0.1, -0.05) is 13.8 Å². The summed E-state index contributed by atoms with van der Waals surface area (Å²) in [4.78, 5) is 58.6. The highest BCUT2D eigenvalue weighted by atomic mass is 16.7. The molecule has 13 heteroatoms. The maximum atomic E-state index is 12.5. The van der Waals surface area contributed by atoms with Crippen molar-refractivity contribution in [2.75, 3.05) is 18.5 Å². The van der Waals surface area contributed by atoms with E-state index in [1.807, 2.05) is 13.8 Å². The van der Waals surface area contributed by atoms with Crippen molar-refractivity contribution in [3.05, 3.63) is 16.7 Å². The second-order valence-electron chi connectivity index (χ2n) is 8.03. The molecule has 1 aliphatic rings. The number of aromatic nitrogens is 4. The lowest BCUT2D eigenvalue weighted by Gasteiger charge is -2.23. The van der Waals surface area contributed by atoms with Crippen molar-refractivity contribution in [1.82, 2.24) is 19.5 Å². The molecule has 1 saturated heterocycles. The van der Waals surface area contributed by atoms with E-state index in [4.69, 9.17) is 18.9 Å². The average Bonchev–Trinajstić information content (AvgIpc) is 3.26. The summed E-state index contributed by atoms with van der Waals surface area (Å²) in [6.45, 7) is 7.94. The van der Waals surface area contributed by atoms with Gasteiger partial charge in [-0.15, -0.1) is 0 Å². The van der Waals surface area contributed by atoms with E-state index < -0.39 is 48.0 Å². The van der Waals surface area contributed by atoms with Crippen LogP contribution in [0.25, 0.3) is 11.2 Å². The fraction of sp³-hybridized carbons (Fsp3) is 0.600. The van der Waals surface area contributed by atoms with E-state index in [-0.39, 0.29) is 23.7 Å². The summed E-state index contributed by atoms with van der Waals surface area (Å²) < 4.78 is 23.2. The van der Waals surface area contributed by atoms with Crippen LogP contribution in [0.2, 0.25) is 0 Å². The first-order valence-corrected chi connectivity index (χ1v) is 10.4. The highest BCUT2D eigenvalue weighted by Gasteiger charge is 2.51. The number of imidazole rings is 1. The van der Waals surface area contributed by atoms with E-state index in [1.165, 1.54) is 31.7 Å². The Labute approximate surface area is 188 Å². The molecule has 13 nitrogen and oxygen atoms in total. The van der Waals surface area contributed by atoms with Crippen LogP contribution in [0.1, 0.15) is 40.8 Å². The molecule has 2 aromatic rings. The number of H-pyrrole nitrogens is 1. The van der Waals surface area contributed by atoms with Gasteiger partial charge in [-0.05, 0) is 5.92 Å². The van der Waals surface area contributed by atoms with Crippen LogP contribution >= 0.6 is 0 Å². The second kappa shape index (κ2) is 9.98. The van der Waals surface area contributed by atoms with Crippen molar-refractivity contribution in [1.29, 1.82) is 0 Å². The number of nitrogens with zero attached hydrogens (tertiary/aromatic N) is 3. The molecule has 0 saturated carbocycles. The Balaban J connectivity index is 2.03. The third-order valence-electron chi connectivity index (χ3n) is 4.72. The Kier molecular flexibility index (Phi) is 7.31. The highest BCUT2D eigenvalue weighted by molar-refractivity contribution is 5.71. The molecule has 0 aromatic carbocycles. The van der Waals surface area contributed by atoms with Gasteiger partial charge in [0.05, 0.1) is 6.33 Å². The van der Waals surface area contributed by atoms with Gasteiger partial charge in [0.1, 0.15) is 12.7 Å². The lowest BCUT2D eigenvalue weighted by Crippen LogP contribution is -2.40. The average molecular weight is 465 g/mol. The largest absolute Gasteiger partial charge is 0.463 e. The molecule has 0 unspecified atom stereocenters. The van der Waals surface area contributed by atoms with Crippen LogP contribution in [0.4, 0.5) is 5.95 Å². The number of anilines is 1. The Hall–Kier alpha value is -3.48. The SMILES string of the molecule is CC(=O)OC[C@@H]1O[C@@H](n2cnc3c(=O)[nH]c(NCC(C)C)nc32)[C@H](OC(C)=O)[C@H]1OC(C)=O. The normalized spacial score (nSPS) is 22.4. The number of carbonyl (C=O) groups excluding carboxylic acids is 3. The van der Waals surface area contributed by atoms with Gasteiger partial charge in [0, 0.05) is 27.3 Å². The molecule has 0 spiro atoms. The molecule has 0 aliphatic carbocycles. The van der Waals surface area contributed by atoms with Gasteiger partial charge in [0.25, 0.3) is 5.56 Å². The van der Waals surface area contributed by atoms with Crippen LogP contribution in [0.5, 0.6) is 0 Å². The molecule has 33 heavy (non-hydrogen) atoms. The number of esters is 3. The van der Waals surface area contributed by atoms with Crippen LogP contribution in [0, 0.1) is 5.92 Å². The van der Waals surface area contributed by atoms with Gasteiger partial charge < -0.3 is 24.3 Å².